The largest absolute Gasteiger partial charge is 0.494 e. The van der Waals surface area contributed by atoms with Crippen molar-refractivity contribution in [3.8, 4) is 5.75 Å². The quantitative estimate of drug-likeness (QED) is 0.744. The summed E-state index contributed by atoms with van der Waals surface area (Å²) in [7, 11) is 0. The number of ketones is 1. The number of hydrogen-bond donors (Lipinski definition) is 0. The van der Waals surface area contributed by atoms with Gasteiger partial charge in [0.05, 0.1) is 13.2 Å². The minimum atomic E-state index is 0.216. The van der Waals surface area contributed by atoms with E-state index in [0.717, 1.165) is 24.3 Å². The van der Waals surface area contributed by atoms with Gasteiger partial charge >= 0.3 is 0 Å². The number of Topliss-reactive ketones (excluding diaryl/α,β-unsaturated/α-hetero) is 1. The Labute approximate surface area is 121 Å². The van der Waals surface area contributed by atoms with E-state index in [2.05, 4.69) is 11.8 Å². The van der Waals surface area contributed by atoms with Crippen molar-refractivity contribution in [1.29, 1.82) is 0 Å². The van der Waals surface area contributed by atoms with Gasteiger partial charge in [-0.1, -0.05) is 13.3 Å². The number of likely N-dealkylation sites (tertiary alicyclic amines) is 1. The monoisotopic (exact) mass is 275 g/mol. The third-order valence-corrected chi connectivity index (χ3v) is 4.05. The Hall–Kier alpha value is -1.35. The van der Waals surface area contributed by atoms with Gasteiger partial charge in [0.1, 0.15) is 5.75 Å². The van der Waals surface area contributed by atoms with Crippen molar-refractivity contribution in [2.45, 2.75) is 45.6 Å². The second-order valence-electron chi connectivity index (χ2n) is 5.41. The molecule has 2 rings (SSSR count). The van der Waals surface area contributed by atoms with Crippen LogP contribution in [0.4, 0.5) is 0 Å². The molecule has 1 aromatic rings. The van der Waals surface area contributed by atoms with Crippen LogP contribution in [-0.2, 0) is 0 Å². The van der Waals surface area contributed by atoms with Crippen LogP contribution in [0, 0.1) is 0 Å². The number of carbonyl (C=O) groups excluding carboxylic acids is 1. The van der Waals surface area contributed by atoms with Crippen LogP contribution in [0.15, 0.2) is 24.3 Å². The van der Waals surface area contributed by atoms with Crippen molar-refractivity contribution in [2.24, 2.45) is 0 Å². The molecule has 1 heterocycles. The summed E-state index contributed by atoms with van der Waals surface area (Å²) in [4.78, 5) is 14.7. The maximum absolute atomic E-state index is 12.4. The number of nitrogens with zero attached hydrogens (tertiary/aromatic N) is 1. The highest BCUT2D eigenvalue weighted by Gasteiger charge is 2.23. The highest BCUT2D eigenvalue weighted by Crippen LogP contribution is 2.20. The van der Waals surface area contributed by atoms with E-state index in [0.29, 0.717) is 19.2 Å². The molecule has 1 aromatic carbocycles. The predicted octanol–water partition coefficient (Wildman–Crippen LogP) is 3.53. The number of ether oxygens (including phenoxy) is 1. The zero-order chi connectivity index (χ0) is 14.4. The number of piperidine rings is 1. The molecule has 0 aromatic heterocycles. The van der Waals surface area contributed by atoms with Gasteiger partial charge in [0.2, 0.25) is 0 Å². The van der Waals surface area contributed by atoms with Crippen LogP contribution in [0.3, 0.4) is 0 Å². The van der Waals surface area contributed by atoms with Crippen molar-refractivity contribution in [3.63, 3.8) is 0 Å². The molecule has 0 saturated carbocycles. The molecule has 20 heavy (non-hydrogen) atoms. The average molecular weight is 275 g/mol. The van der Waals surface area contributed by atoms with E-state index in [1.54, 1.807) is 0 Å². The molecule has 1 atom stereocenters. The summed E-state index contributed by atoms with van der Waals surface area (Å²) in [5.41, 5.74) is 0.786. The first-order chi connectivity index (χ1) is 9.74. The molecular formula is C17H25NO2. The zero-order valence-corrected chi connectivity index (χ0v) is 12.6. The SMILES string of the molecule is CCOc1ccc(C(=O)CN2CCCCC2CC)cc1. The van der Waals surface area contributed by atoms with Crippen molar-refractivity contribution < 1.29 is 9.53 Å². The summed E-state index contributed by atoms with van der Waals surface area (Å²) in [6.45, 7) is 6.43. The molecule has 3 heteroatoms. The first kappa shape index (κ1) is 15.0. The van der Waals surface area contributed by atoms with Crippen LogP contribution >= 0.6 is 0 Å². The average Bonchev–Trinajstić information content (AvgIpc) is 2.49. The summed E-state index contributed by atoms with van der Waals surface area (Å²) < 4.78 is 5.40. The van der Waals surface area contributed by atoms with Crippen LogP contribution in [0.1, 0.15) is 49.9 Å². The Balaban J connectivity index is 1.96. The smallest absolute Gasteiger partial charge is 0.176 e. The molecule has 0 N–H and O–H groups in total. The topological polar surface area (TPSA) is 29.5 Å². The Morgan fingerprint density at radius 1 is 1.25 bits per heavy atom. The summed E-state index contributed by atoms with van der Waals surface area (Å²) in [6.07, 6.45) is 4.88. The zero-order valence-electron chi connectivity index (χ0n) is 12.6. The van der Waals surface area contributed by atoms with Gasteiger partial charge in [-0.2, -0.15) is 0 Å². The molecule has 0 spiro atoms. The fourth-order valence-electron chi connectivity index (χ4n) is 2.91. The van der Waals surface area contributed by atoms with Crippen LogP contribution < -0.4 is 4.74 Å². The fourth-order valence-corrected chi connectivity index (χ4v) is 2.91. The number of rotatable bonds is 6. The van der Waals surface area contributed by atoms with E-state index in [4.69, 9.17) is 4.74 Å². The van der Waals surface area contributed by atoms with Gasteiger partial charge < -0.3 is 4.74 Å². The standard InChI is InChI=1S/C17H25NO2/c1-3-15-7-5-6-12-18(15)13-17(19)14-8-10-16(11-9-14)20-4-2/h8-11,15H,3-7,12-13H2,1-2H3. The lowest BCUT2D eigenvalue weighted by Crippen LogP contribution is -2.42. The Bertz CT molecular complexity index is 427. The minimum absolute atomic E-state index is 0.216. The van der Waals surface area contributed by atoms with E-state index in [1.165, 1.54) is 19.3 Å². The molecule has 0 bridgehead atoms. The normalized spacial score (nSPS) is 19.8. The predicted molar refractivity (Wildman–Crippen MR) is 81.4 cm³/mol. The van der Waals surface area contributed by atoms with Crippen LogP contribution in [0.25, 0.3) is 0 Å². The third kappa shape index (κ3) is 3.83. The summed E-state index contributed by atoms with van der Waals surface area (Å²) >= 11 is 0. The molecule has 1 unspecified atom stereocenters. The molecule has 1 saturated heterocycles. The van der Waals surface area contributed by atoms with Crippen molar-refractivity contribution in [3.05, 3.63) is 29.8 Å². The van der Waals surface area contributed by atoms with Gasteiger partial charge in [-0.15, -0.1) is 0 Å². The first-order valence-electron chi connectivity index (χ1n) is 7.74. The fraction of sp³-hybridized carbons (Fsp3) is 0.588. The number of carbonyl (C=O) groups is 1. The molecule has 0 radical (unpaired) electrons. The van der Waals surface area contributed by atoms with Gasteiger partial charge in [0.25, 0.3) is 0 Å². The van der Waals surface area contributed by atoms with E-state index < -0.39 is 0 Å². The van der Waals surface area contributed by atoms with Crippen molar-refractivity contribution in [2.75, 3.05) is 19.7 Å². The number of hydrogen-bond acceptors (Lipinski definition) is 3. The molecule has 1 fully saturated rings. The molecular weight excluding hydrogens is 250 g/mol. The van der Waals surface area contributed by atoms with Crippen LogP contribution in [0.5, 0.6) is 5.75 Å². The van der Waals surface area contributed by atoms with Crippen LogP contribution in [0.2, 0.25) is 0 Å². The van der Waals surface area contributed by atoms with Gasteiger partial charge in [-0.3, -0.25) is 9.69 Å². The second-order valence-corrected chi connectivity index (χ2v) is 5.41. The lowest BCUT2D eigenvalue weighted by Gasteiger charge is -2.34. The molecule has 110 valence electrons. The Morgan fingerprint density at radius 2 is 2.00 bits per heavy atom. The van der Waals surface area contributed by atoms with E-state index in [9.17, 15) is 4.79 Å². The Kier molecular flexibility index (Phi) is 5.60. The van der Waals surface area contributed by atoms with E-state index in [1.807, 2.05) is 31.2 Å². The minimum Gasteiger partial charge on any atom is -0.494 e. The summed E-state index contributed by atoms with van der Waals surface area (Å²) in [5.74, 6) is 1.04. The van der Waals surface area contributed by atoms with Crippen molar-refractivity contribution >= 4 is 5.78 Å². The third-order valence-electron chi connectivity index (χ3n) is 4.05. The van der Waals surface area contributed by atoms with Crippen LogP contribution in [-0.4, -0.2) is 36.4 Å². The van der Waals surface area contributed by atoms with Crippen molar-refractivity contribution in [1.82, 2.24) is 4.90 Å². The number of benzene rings is 1. The maximum Gasteiger partial charge on any atom is 0.176 e. The summed E-state index contributed by atoms with van der Waals surface area (Å²) in [6, 6.07) is 8.08. The second kappa shape index (κ2) is 7.44. The molecule has 0 aliphatic carbocycles. The van der Waals surface area contributed by atoms with Gasteiger partial charge in [0.15, 0.2) is 5.78 Å². The first-order valence-corrected chi connectivity index (χ1v) is 7.74. The molecule has 1 aliphatic heterocycles. The lowest BCUT2D eigenvalue weighted by atomic mass is 9.99. The molecule has 0 amide bonds. The molecule has 1 aliphatic rings. The lowest BCUT2D eigenvalue weighted by molar-refractivity contribution is 0.0838. The Morgan fingerprint density at radius 3 is 2.65 bits per heavy atom. The summed E-state index contributed by atoms with van der Waals surface area (Å²) in [5, 5.41) is 0. The van der Waals surface area contributed by atoms with E-state index in [-0.39, 0.29) is 5.78 Å². The molecule has 3 nitrogen and oxygen atoms in total. The highest BCUT2D eigenvalue weighted by molar-refractivity contribution is 5.97. The van der Waals surface area contributed by atoms with Gasteiger partial charge in [0, 0.05) is 11.6 Å². The van der Waals surface area contributed by atoms with Gasteiger partial charge in [-0.05, 0) is 57.0 Å². The van der Waals surface area contributed by atoms with Gasteiger partial charge in [-0.25, -0.2) is 0 Å². The van der Waals surface area contributed by atoms with E-state index >= 15 is 0 Å². The highest BCUT2D eigenvalue weighted by atomic mass is 16.5. The maximum atomic E-state index is 12.4.